The van der Waals surface area contributed by atoms with Crippen LogP contribution < -0.4 is 10.6 Å². The third-order valence-corrected chi connectivity index (χ3v) is 2.33. The van der Waals surface area contributed by atoms with Gasteiger partial charge in [-0.05, 0) is 19.4 Å². The van der Waals surface area contributed by atoms with E-state index in [-0.39, 0.29) is 0 Å². The third kappa shape index (κ3) is 1.78. The fourth-order valence-corrected chi connectivity index (χ4v) is 1.61. The number of rotatable bonds is 2. The molecule has 4 nitrogen and oxygen atoms in total. The number of nitrogens with zero attached hydrogens (tertiary/aromatic N) is 2. The van der Waals surface area contributed by atoms with Gasteiger partial charge >= 0.3 is 0 Å². The van der Waals surface area contributed by atoms with Crippen molar-refractivity contribution in [3.63, 3.8) is 0 Å². The molecule has 70 valence electrons. The van der Waals surface area contributed by atoms with Gasteiger partial charge in [0.1, 0.15) is 5.82 Å². The van der Waals surface area contributed by atoms with E-state index in [1.807, 2.05) is 13.2 Å². The zero-order valence-electron chi connectivity index (χ0n) is 7.75. The molecule has 1 aromatic heterocycles. The number of anilines is 1. The standard InChI is InChI=1S/C9H14N4/c1-10-9-6-11-5-8(13-9)7-3-2-4-12-7/h5-7,12H,2-4H2,1H3,(H,10,13)/t7-/m0/s1. The van der Waals surface area contributed by atoms with E-state index in [4.69, 9.17) is 0 Å². The molecule has 0 saturated carbocycles. The Balaban J connectivity index is 2.18. The summed E-state index contributed by atoms with van der Waals surface area (Å²) in [6.45, 7) is 1.09. The lowest BCUT2D eigenvalue weighted by Crippen LogP contribution is -2.15. The normalized spacial score (nSPS) is 21.8. The highest BCUT2D eigenvalue weighted by Gasteiger charge is 2.17. The molecule has 0 spiro atoms. The van der Waals surface area contributed by atoms with Gasteiger partial charge in [-0.25, -0.2) is 4.98 Å². The molecular weight excluding hydrogens is 164 g/mol. The maximum atomic E-state index is 4.44. The van der Waals surface area contributed by atoms with Crippen LogP contribution >= 0.6 is 0 Å². The summed E-state index contributed by atoms with van der Waals surface area (Å²) in [6, 6.07) is 0.404. The Labute approximate surface area is 77.8 Å². The third-order valence-electron chi connectivity index (χ3n) is 2.33. The monoisotopic (exact) mass is 178 g/mol. The van der Waals surface area contributed by atoms with Gasteiger partial charge in [-0.1, -0.05) is 0 Å². The Morgan fingerprint density at radius 1 is 1.54 bits per heavy atom. The first-order chi connectivity index (χ1) is 6.40. The Bertz CT molecular complexity index is 281. The van der Waals surface area contributed by atoms with Crippen molar-refractivity contribution in [2.75, 3.05) is 18.9 Å². The smallest absolute Gasteiger partial charge is 0.144 e. The summed E-state index contributed by atoms with van der Waals surface area (Å²) in [5.41, 5.74) is 1.05. The average Bonchev–Trinajstić information content (AvgIpc) is 2.71. The van der Waals surface area contributed by atoms with Crippen LogP contribution in [0.2, 0.25) is 0 Å². The Morgan fingerprint density at radius 2 is 2.46 bits per heavy atom. The molecule has 0 bridgehead atoms. The Hall–Kier alpha value is -1.16. The van der Waals surface area contributed by atoms with Crippen LogP contribution in [0, 0.1) is 0 Å². The summed E-state index contributed by atoms with van der Waals surface area (Å²) >= 11 is 0. The molecule has 0 unspecified atom stereocenters. The molecule has 0 aromatic carbocycles. The molecule has 2 N–H and O–H groups in total. The van der Waals surface area contributed by atoms with E-state index in [1.165, 1.54) is 12.8 Å². The lowest BCUT2D eigenvalue weighted by atomic mass is 10.2. The molecule has 2 rings (SSSR count). The summed E-state index contributed by atoms with van der Waals surface area (Å²) < 4.78 is 0. The molecule has 1 aromatic rings. The summed E-state index contributed by atoms with van der Waals surface area (Å²) in [4.78, 5) is 8.57. The topological polar surface area (TPSA) is 49.8 Å². The van der Waals surface area contributed by atoms with Crippen molar-refractivity contribution in [2.24, 2.45) is 0 Å². The Morgan fingerprint density at radius 3 is 3.15 bits per heavy atom. The highest BCUT2D eigenvalue weighted by molar-refractivity contribution is 5.31. The van der Waals surface area contributed by atoms with E-state index in [0.29, 0.717) is 6.04 Å². The average molecular weight is 178 g/mol. The van der Waals surface area contributed by atoms with Crippen molar-refractivity contribution in [1.29, 1.82) is 0 Å². The number of hydrogen-bond acceptors (Lipinski definition) is 4. The molecule has 0 amide bonds. The first kappa shape index (κ1) is 8.44. The molecule has 1 aliphatic rings. The fourth-order valence-electron chi connectivity index (χ4n) is 1.61. The summed E-state index contributed by atoms with van der Waals surface area (Å²) in [6.07, 6.45) is 5.97. The quantitative estimate of drug-likeness (QED) is 0.707. The van der Waals surface area contributed by atoms with Crippen molar-refractivity contribution in [2.45, 2.75) is 18.9 Å². The first-order valence-corrected chi connectivity index (χ1v) is 4.63. The van der Waals surface area contributed by atoms with Gasteiger partial charge in [0.15, 0.2) is 0 Å². The van der Waals surface area contributed by atoms with Crippen molar-refractivity contribution >= 4 is 5.82 Å². The molecular formula is C9H14N4. The van der Waals surface area contributed by atoms with Gasteiger partial charge < -0.3 is 10.6 Å². The predicted molar refractivity (Wildman–Crippen MR) is 51.6 cm³/mol. The SMILES string of the molecule is CNc1cncc([C@@H]2CCCN2)n1. The van der Waals surface area contributed by atoms with E-state index in [9.17, 15) is 0 Å². The number of nitrogens with one attached hydrogen (secondary N) is 2. The maximum absolute atomic E-state index is 4.44. The minimum atomic E-state index is 0.404. The molecule has 1 saturated heterocycles. The van der Waals surface area contributed by atoms with Crippen LogP contribution in [0.5, 0.6) is 0 Å². The highest BCUT2D eigenvalue weighted by Crippen LogP contribution is 2.21. The van der Waals surface area contributed by atoms with E-state index < -0.39 is 0 Å². The summed E-state index contributed by atoms with van der Waals surface area (Å²) in [5.74, 6) is 0.839. The first-order valence-electron chi connectivity index (χ1n) is 4.63. The lowest BCUT2D eigenvalue weighted by molar-refractivity contribution is 0.625. The van der Waals surface area contributed by atoms with Gasteiger partial charge in [-0.3, -0.25) is 4.98 Å². The minimum absolute atomic E-state index is 0.404. The number of hydrogen-bond donors (Lipinski definition) is 2. The molecule has 1 atom stereocenters. The van der Waals surface area contributed by atoms with Crippen molar-refractivity contribution in [3.05, 3.63) is 18.1 Å². The molecule has 4 heteroatoms. The van der Waals surface area contributed by atoms with Crippen LogP contribution in [0.25, 0.3) is 0 Å². The van der Waals surface area contributed by atoms with Gasteiger partial charge in [0.05, 0.1) is 24.1 Å². The van der Waals surface area contributed by atoms with Crippen molar-refractivity contribution in [3.8, 4) is 0 Å². The van der Waals surface area contributed by atoms with Crippen LogP contribution in [0.1, 0.15) is 24.6 Å². The van der Waals surface area contributed by atoms with Crippen LogP contribution in [0.4, 0.5) is 5.82 Å². The molecule has 2 heterocycles. The second-order valence-corrected chi connectivity index (χ2v) is 3.23. The van der Waals surface area contributed by atoms with Gasteiger partial charge in [0.25, 0.3) is 0 Å². The number of aromatic nitrogens is 2. The van der Waals surface area contributed by atoms with E-state index in [2.05, 4.69) is 20.6 Å². The van der Waals surface area contributed by atoms with Gasteiger partial charge in [-0.15, -0.1) is 0 Å². The van der Waals surface area contributed by atoms with Crippen LogP contribution in [-0.4, -0.2) is 23.6 Å². The van der Waals surface area contributed by atoms with E-state index in [0.717, 1.165) is 18.1 Å². The van der Waals surface area contributed by atoms with Gasteiger partial charge in [0, 0.05) is 7.05 Å². The van der Waals surface area contributed by atoms with Crippen molar-refractivity contribution in [1.82, 2.24) is 15.3 Å². The van der Waals surface area contributed by atoms with E-state index >= 15 is 0 Å². The molecule has 13 heavy (non-hydrogen) atoms. The maximum Gasteiger partial charge on any atom is 0.144 e. The summed E-state index contributed by atoms with van der Waals surface area (Å²) in [7, 11) is 1.86. The van der Waals surface area contributed by atoms with E-state index in [1.54, 1.807) is 6.20 Å². The molecule has 0 aliphatic carbocycles. The summed E-state index contributed by atoms with van der Waals surface area (Å²) in [5, 5.41) is 6.38. The zero-order valence-corrected chi connectivity index (χ0v) is 7.75. The predicted octanol–water partition coefficient (Wildman–Crippen LogP) is 0.943. The van der Waals surface area contributed by atoms with Gasteiger partial charge in [0.2, 0.25) is 0 Å². The lowest BCUT2D eigenvalue weighted by Gasteiger charge is -2.09. The van der Waals surface area contributed by atoms with Crippen molar-refractivity contribution < 1.29 is 0 Å². The van der Waals surface area contributed by atoms with Crippen LogP contribution in [0.15, 0.2) is 12.4 Å². The Kier molecular flexibility index (Phi) is 2.40. The van der Waals surface area contributed by atoms with Crippen LogP contribution in [-0.2, 0) is 0 Å². The molecule has 1 aliphatic heterocycles. The second kappa shape index (κ2) is 3.70. The largest absolute Gasteiger partial charge is 0.372 e. The molecule has 0 radical (unpaired) electrons. The molecule has 1 fully saturated rings. The fraction of sp³-hybridized carbons (Fsp3) is 0.556. The highest BCUT2D eigenvalue weighted by atomic mass is 15.0. The minimum Gasteiger partial charge on any atom is -0.372 e. The second-order valence-electron chi connectivity index (χ2n) is 3.23. The van der Waals surface area contributed by atoms with Crippen LogP contribution in [0.3, 0.4) is 0 Å². The van der Waals surface area contributed by atoms with Gasteiger partial charge in [-0.2, -0.15) is 0 Å². The zero-order chi connectivity index (χ0) is 9.10.